The molecule has 2 saturated heterocycles. The first-order chi connectivity index (χ1) is 13.0. The molecule has 2 amide bonds. The van der Waals surface area contributed by atoms with Gasteiger partial charge >= 0.3 is 0 Å². The average molecular weight is 372 g/mol. The number of nitrogens with zero attached hydrogens (tertiary/aromatic N) is 3. The molecule has 2 aliphatic heterocycles. The number of piperidine rings is 2. The van der Waals surface area contributed by atoms with E-state index in [9.17, 15) is 9.59 Å². The van der Waals surface area contributed by atoms with Gasteiger partial charge in [0.05, 0.1) is 12.5 Å². The molecule has 5 nitrogen and oxygen atoms in total. The Morgan fingerprint density at radius 2 is 1.85 bits per heavy atom. The van der Waals surface area contributed by atoms with Crippen LogP contribution in [0.4, 0.5) is 0 Å². The molecule has 1 atom stereocenters. The van der Waals surface area contributed by atoms with E-state index in [0.717, 1.165) is 57.5 Å². The van der Waals surface area contributed by atoms with Crippen LogP contribution in [0.1, 0.15) is 44.6 Å². The molecular formula is C22H33N3O2. The van der Waals surface area contributed by atoms with Gasteiger partial charge in [0.1, 0.15) is 0 Å². The molecule has 0 aliphatic carbocycles. The lowest BCUT2D eigenvalue weighted by Crippen LogP contribution is -2.54. The topological polar surface area (TPSA) is 43.9 Å². The van der Waals surface area contributed by atoms with E-state index in [-0.39, 0.29) is 23.1 Å². The molecule has 0 radical (unpaired) electrons. The zero-order valence-corrected chi connectivity index (χ0v) is 17.0. The Hall–Kier alpha value is -1.88. The van der Waals surface area contributed by atoms with Crippen molar-refractivity contribution >= 4 is 11.8 Å². The van der Waals surface area contributed by atoms with Gasteiger partial charge in [0.25, 0.3) is 0 Å². The van der Waals surface area contributed by atoms with Crippen molar-refractivity contribution in [3.63, 3.8) is 0 Å². The normalized spacial score (nSPS) is 22.9. The molecule has 2 fully saturated rings. The van der Waals surface area contributed by atoms with Crippen LogP contribution in [0.5, 0.6) is 0 Å². The Morgan fingerprint density at radius 3 is 2.44 bits per heavy atom. The molecule has 2 aliphatic rings. The Morgan fingerprint density at radius 1 is 1.19 bits per heavy atom. The van der Waals surface area contributed by atoms with Gasteiger partial charge < -0.3 is 9.80 Å². The molecule has 1 spiro atoms. The summed E-state index contributed by atoms with van der Waals surface area (Å²) in [6, 6.07) is 10.2. The molecular weight excluding hydrogens is 338 g/mol. The van der Waals surface area contributed by atoms with Gasteiger partial charge in [-0.3, -0.25) is 14.5 Å². The Labute approximate surface area is 163 Å². The summed E-state index contributed by atoms with van der Waals surface area (Å²) in [5.41, 5.74) is 1.32. The monoisotopic (exact) mass is 371 g/mol. The van der Waals surface area contributed by atoms with Crippen LogP contribution < -0.4 is 0 Å². The van der Waals surface area contributed by atoms with E-state index in [0.29, 0.717) is 6.54 Å². The maximum Gasteiger partial charge on any atom is 0.236 e. The van der Waals surface area contributed by atoms with Gasteiger partial charge in [0, 0.05) is 26.7 Å². The first-order valence-electron chi connectivity index (χ1n) is 10.3. The number of likely N-dealkylation sites (N-methyl/N-ethyl adjacent to an activating group) is 2. The van der Waals surface area contributed by atoms with Crippen molar-refractivity contribution in [2.75, 3.05) is 46.3 Å². The van der Waals surface area contributed by atoms with E-state index in [1.165, 1.54) is 0 Å². The number of amides is 2. The minimum atomic E-state index is -0.0284. The number of benzene rings is 1. The number of hydrogen-bond donors (Lipinski definition) is 0. The molecule has 5 heteroatoms. The van der Waals surface area contributed by atoms with Gasteiger partial charge in [-0.2, -0.15) is 0 Å². The van der Waals surface area contributed by atoms with Crippen molar-refractivity contribution in [3.05, 3.63) is 35.9 Å². The molecule has 1 aromatic carbocycles. The fourth-order valence-corrected chi connectivity index (χ4v) is 4.54. The highest BCUT2D eigenvalue weighted by Gasteiger charge is 2.45. The third-order valence-electron chi connectivity index (χ3n) is 6.53. The van der Waals surface area contributed by atoms with Crippen molar-refractivity contribution in [1.82, 2.24) is 14.7 Å². The van der Waals surface area contributed by atoms with Gasteiger partial charge in [-0.05, 0) is 57.2 Å². The number of carbonyl (C=O) groups is 2. The Kier molecular flexibility index (Phi) is 6.20. The summed E-state index contributed by atoms with van der Waals surface area (Å²) in [6.07, 6.45) is 3.05. The van der Waals surface area contributed by atoms with Gasteiger partial charge in [0.2, 0.25) is 11.8 Å². The van der Waals surface area contributed by atoms with Crippen LogP contribution in [0.2, 0.25) is 0 Å². The minimum Gasteiger partial charge on any atom is -0.345 e. The molecule has 1 aromatic rings. The highest BCUT2D eigenvalue weighted by molar-refractivity contribution is 5.84. The number of hydrogen-bond acceptors (Lipinski definition) is 3. The SMILES string of the molecule is CCN(C)C(=O)CN1CCC2(CC1)CC(c1ccccc1)C(=O)N(CC)C2. The number of carbonyl (C=O) groups excluding carboxylic acids is 2. The third kappa shape index (κ3) is 4.34. The van der Waals surface area contributed by atoms with Crippen LogP contribution in [-0.2, 0) is 9.59 Å². The Bertz CT molecular complexity index is 653. The number of likely N-dealkylation sites (tertiary alicyclic amines) is 2. The first kappa shape index (κ1) is 19.9. The second-order valence-corrected chi connectivity index (χ2v) is 8.20. The maximum absolute atomic E-state index is 13.0. The van der Waals surface area contributed by atoms with Crippen molar-refractivity contribution in [2.24, 2.45) is 5.41 Å². The van der Waals surface area contributed by atoms with E-state index >= 15 is 0 Å². The maximum atomic E-state index is 13.0. The fraction of sp³-hybridized carbons (Fsp3) is 0.636. The van der Waals surface area contributed by atoms with Crippen LogP contribution in [0.25, 0.3) is 0 Å². The standard InChI is InChI=1S/C22H33N3O2/c1-4-23(3)20(26)16-24-13-11-22(12-14-24)15-19(18-9-7-6-8-10-18)21(27)25(5-2)17-22/h6-10,19H,4-5,11-17H2,1-3H3. The van der Waals surface area contributed by atoms with Crippen LogP contribution >= 0.6 is 0 Å². The highest BCUT2D eigenvalue weighted by atomic mass is 16.2. The molecule has 0 bridgehead atoms. The van der Waals surface area contributed by atoms with E-state index in [1.807, 2.05) is 37.1 Å². The second kappa shape index (κ2) is 8.42. The molecule has 1 unspecified atom stereocenters. The summed E-state index contributed by atoms with van der Waals surface area (Å²) in [5, 5.41) is 0. The Balaban J connectivity index is 1.69. The van der Waals surface area contributed by atoms with Crippen molar-refractivity contribution in [3.8, 4) is 0 Å². The van der Waals surface area contributed by atoms with Crippen molar-refractivity contribution in [1.29, 1.82) is 0 Å². The van der Waals surface area contributed by atoms with Crippen LogP contribution in [0, 0.1) is 5.41 Å². The molecule has 3 rings (SSSR count). The summed E-state index contributed by atoms with van der Waals surface area (Å²) >= 11 is 0. The predicted octanol–water partition coefficient (Wildman–Crippen LogP) is 2.58. The summed E-state index contributed by atoms with van der Waals surface area (Å²) in [4.78, 5) is 31.3. The first-order valence-corrected chi connectivity index (χ1v) is 10.3. The van der Waals surface area contributed by atoms with Gasteiger partial charge in [-0.1, -0.05) is 30.3 Å². The fourth-order valence-electron chi connectivity index (χ4n) is 4.54. The molecule has 2 heterocycles. The van der Waals surface area contributed by atoms with E-state index in [4.69, 9.17) is 0 Å². The lowest BCUT2D eigenvalue weighted by Gasteiger charge is -2.49. The molecule has 27 heavy (non-hydrogen) atoms. The molecule has 0 saturated carbocycles. The largest absolute Gasteiger partial charge is 0.345 e. The van der Waals surface area contributed by atoms with Crippen molar-refractivity contribution in [2.45, 2.75) is 39.0 Å². The summed E-state index contributed by atoms with van der Waals surface area (Å²) < 4.78 is 0. The molecule has 0 N–H and O–H groups in total. The van der Waals surface area contributed by atoms with Gasteiger partial charge in [-0.15, -0.1) is 0 Å². The lowest BCUT2D eigenvalue weighted by molar-refractivity contribution is -0.141. The van der Waals surface area contributed by atoms with Crippen LogP contribution in [-0.4, -0.2) is 72.8 Å². The lowest BCUT2D eigenvalue weighted by atomic mass is 9.67. The second-order valence-electron chi connectivity index (χ2n) is 8.20. The van der Waals surface area contributed by atoms with Crippen LogP contribution in [0.15, 0.2) is 30.3 Å². The summed E-state index contributed by atoms with van der Waals surface area (Å²) in [7, 11) is 1.87. The quantitative estimate of drug-likeness (QED) is 0.799. The molecule has 148 valence electrons. The van der Waals surface area contributed by atoms with Crippen LogP contribution in [0.3, 0.4) is 0 Å². The third-order valence-corrected chi connectivity index (χ3v) is 6.53. The van der Waals surface area contributed by atoms with Gasteiger partial charge in [0.15, 0.2) is 0 Å². The van der Waals surface area contributed by atoms with Crippen molar-refractivity contribution < 1.29 is 9.59 Å². The highest BCUT2D eigenvalue weighted by Crippen LogP contribution is 2.45. The smallest absolute Gasteiger partial charge is 0.236 e. The molecule has 0 aromatic heterocycles. The van der Waals surface area contributed by atoms with E-state index in [2.05, 4.69) is 24.0 Å². The van der Waals surface area contributed by atoms with E-state index in [1.54, 1.807) is 4.90 Å². The van der Waals surface area contributed by atoms with Gasteiger partial charge in [-0.25, -0.2) is 0 Å². The summed E-state index contributed by atoms with van der Waals surface area (Å²) in [6.45, 7) is 8.86. The summed E-state index contributed by atoms with van der Waals surface area (Å²) in [5.74, 6) is 0.445. The minimum absolute atomic E-state index is 0.0284. The number of rotatable bonds is 5. The predicted molar refractivity (Wildman–Crippen MR) is 107 cm³/mol. The zero-order chi connectivity index (χ0) is 19.4. The average Bonchev–Trinajstić information content (AvgIpc) is 2.71. The van der Waals surface area contributed by atoms with E-state index < -0.39 is 0 Å². The zero-order valence-electron chi connectivity index (χ0n) is 17.0.